The zero-order valence-electron chi connectivity index (χ0n) is 11.4. The molecule has 0 bridgehead atoms. The monoisotopic (exact) mass is 255 g/mol. The van der Waals surface area contributed by atoms with Gasteiger partial charge in [-0.2, -0.15) is 0 Å². The Hall–Kier alpha value is -1.43. The summed E-state index contributed by atoms with van der Waals surface area (Å²) < 4.78 is 0. The van der Waals surface area contributed by atoms with Gasteiger partial charge in [-0.1, -0.05) is 0 Å². The molecule has 1 fully saturated rings. The Morgan fingerprint density at radius 2 is 1.72 bits per heavy atom. The van der Waals surface area contributed by atoms with Crippen LogP contribution in [0.25, 0.3) is 0 Å². The van der Waals surface area contributed by atoms with E-state index in [1.54, 1.807) is 0 Å². The van der Waals surface area contributed by atoms with Gasteiger partial charge in [0.05, 0.1) is 0 Å². The van der Waals surface area contributed by atoms with Crippen LogP contribution in [0.3, 0.4) is 0 Å². The number of rotatable bonds is 5. The lowest BCUT2D eigenvalue weighted by atomic mass is 10.2. The Bertz CT molecular complexity index is 324. The molecule has 1 saturated heterocycles. The van der Waals surface area contributed by atoms with E-state index < -0.39 is 17.8 Å². The highest BCUT2D eigenvalue weighted by Crippen LogP contribution is 2.07. The molecule has 0 atom stereocenters. The highest BCUT2D eigenvalue weighted by Gasteiger charge is 2.31. The van der Waals surface area contributed by atoms with Crippen LogP contribution in [-0.2, 0) is 9.59 Å². The van der Waals surface area contributed by atoms with Gasteiger partial charge in [-0.05, 0) is 27.7 Å². The summed E-state index contributed by atoms with van der Waals surface area (Å²) in [6.45, 7) is 9.21. The van der Waals surface area contributed by atoms with Crippen LogP contribution in [0.15, 0.2) is 0 Å². The van der Waals surface area contributed by atoms with Gasteiger partial charge in [0, 0.05) is 25.2 Å². The lowest BCUT2D eigenvalue weighted by Gasteiger charge is -2.33. The van der Waals surface area contributed by atoms with Crippen molar-refractivity contribution in [3.8, 4) is 0 Å². The molecule has 1 N–H and O–H groups in total. The minimum absolute atomic E-state index is 0.241. The molecular formula is C12H21N3O3. The van der Waals surface area contributed by atoms with E-state index >= 15 is 0 Å². The number of barbiturate groups is 1. The summed E-state index contributed by atoms with van der Waals surface area (Å²) in [5, 5.41) is 2.15. The third-order valence-corrected chi connectivity index (χ3v) is 3.01. The molecule has 18 heavy (non-hydrogen) atoms. The van der Waals surface area contributed by atoms with Crippen molar-refractivity contribution in [2.75, 3.05) is 13.1 Å². The quantitative estimate of drug-likeness (QED) is 0.729. The third-order valence-electron chi connectivity index (χ3n) is 3.01. The van der Waals surface area contributed by atoms with Crippen LogP contribution in [0.2, 0.25) is 0 Å². The SMILES string of the molecule is CC(C)N(CCN1C(=O)CC(=O)NC1=O)C(C)C. The lowest BCUT2D eigenvalue weighted by Crippen LogP contribution is -2.55. The van der Waals surface area contributed by atoms with Crippen LogP contribution in [0.5, 0.6) is 0 Å². The largest absolute Gasteiger partial charge is 0.330 e. The van der Waals surface area contributed by atoms with Crippen LogP contribution in [0, 0.1) is 0 Å². The fraction of sp³-hybridized carbons (Fsp3) is 0.750. The summed E-state index contributed by atoms with van der Waals surface area (Å²) >= 11 is 0. The number of nitrogens with zero attached hydrogens (tertiary/aromatic N) is 2. The first-order valence-corrected chi connectivity index (χ1v) is 6.22. The molecule has 102 valence electrons. The molecule has 1 rings (SSSR count). The zero-order chi connectivity index (χ0) is 13.9. The lowest BCUT2D eigenvalue weighted by molar-refractivity contribution is -0.136. The molecule has 0 radical (unpaired) electrons. The van der Waals surface area contributed by atoms with E-state index in [9.17, 15) is 14.4 Å². The standard InChI is InChI=1S/C12H21N3O3/c1-8(2)14(9(3)4)5-6-15-11(17)7-10(16)13-12(15)18/h8-9H,5-7H2,1-4H3,(H,13,16,18). The van der Waals surface area contributed by atoms with Gasteiger partial charge >= 0.3 is 6.03 Å². The van der Waals surface area contributed by atoms with Crippen LogP contribution in [-0.4, -0.2) is 52.8 Å². The van der Waals surface area contributed by atoms with E-state index in [4.69, 9.17) is 0 Å². The summed E-state index contributed by atoms with van der Waals surface area (Å²) in [6, 6.07) is 0.0767. The number of nitrogens with one attached hydrogen (secondary N) is 1. The van der Waals surface area contributed by atoms with E-state index in [0.29, 0.717) is 25.2 Å². The van der Waals surface area contributed by atoms with Gasteiger partial charge in [-0.25, -0.2) is 4.79 Å². The average Bonchev–Trinajstić information content (AvgIpc) is 2.20. The van der Waals surface area contributed by atoms with Crippen molar-refractivity contribution in [2.24, 2.45) is 0 Å². The predicted molar refractivity (Wildman–Crippen MR) is 66.8 cm³/mol. The summed E-state index contributed by atoms with van der Waals surface area (Å²) in [5.74, 6) is -0.943. The Kier molecular flexibility index (Phi) is 4.84. The van der Waals surface area contributed by atoms with Crippen molar-refractivity contribution in [1.82, 2.24) is 15.1 Å². The van der Waals surface area contributed by atoms with Crippen molar-refractivity contribution in [3.63, 3.8) is 0 Å². The van der Waals surface area contributed by atoms with E-state index in [2.05, 4.69) is 37.9 Å². The van der Waals surface area contributed by atoms with E-state index in [1.165, 1.54) is 0 Å². The first-order valence-electron chi connectivity index (χ1n) is 6.22. The minimum Gasteiger partial charge on any atom is -0.297 e. The molecule has 0 aromatic carbocycles. The molecule has 0 aromatic heterocycles. The van der Waals surface area contributed by atoms with Crippen LogP contribution < -0.4 is 5.32 Å². The topological polar surface area (TPSA) is 69.7 Å². The van der Waals surface area contributed by atoms with E-state index in [-0.39, 0.29) is 6.42 Å². The molecule has 6 nitrogen and oxygen atoms in total. The predicted octanol–water partition coefficient (Wildman–Crippen LogP) is 0.574. The average molecular weight is 255 g/mol. The van der Waals surface area contributed by atoms with Crippen molar-refractivity contribution in [3.05, 3.63) is 0 Å². The van der Waals surface area contributed by atoms with Crippen LogP contribution in [0.1, 0.15) is 34.1 Å². The highest BCUT2D eigenvalue weighted by molar-refractivity contribution is 6.14. The number of hydrogen-bond acceptors (Lipinski definition) is 4. The fourth-order valence-electron chi connectivity index (χ4n) is 2.13. The van der Waals surface area contributed by atoms with Crippen molar-refractivity contribution in [1.29, 1.82) is 0 Å². The number of imide groups is 2. The van der Waals surface area contributed by atoms with E-state index in [0.717, 1.165) is 4.90 Å². The number of amides is 4. The Labute approximate surface area is 107 Å². The summed E-state index contributed by atoms with van der Waals surface area (Å²) in [5.41, 5.74) is 0. The second-order valence-electron chi connectivity index (χ2n) is 5.00. The number of hydrogen-bond donors (Lipinski definition) is 1. The maximum atomic E-state index is 11.6. The first-order chi connectivity index (χ1) is 8.32. The summed E-state index contributed by atoms with van der Waals surface area (Å²) in [6.07, 6.45) is -0.241. The maximum Gasteiger partial charge on any atom is 0.330 e. The second kappa shape index (κ2) is 5.95. The molecule has 1 aliphatic rings. The Morgan fingerprint density at radius 1 is 1.17 bits per heavy atom. The van der Waals surface area contributed by atoms with Crippen molar-refractivity contribution < 1.29 is 14.4 Å². The molecule has 0 aromatic rings. The van der Waals surface area contributed by atoms with Crippen molar-refractivity contribution in [2.45, 2.75) is 46.2 Å². The van der Waals surface area contributed by atoms with Gasteiger partial charge in [0.2, 0.25) is 11.8 Å². The Balaban J connectivity index is 2.59. The minimum atomic E-state index is -0.608. The zero-order valence-corrected chi connectivity index (χ0v) is 11.4. The molecule has 1 heterocycles. The van der Waals surface area contributed by atoms with Gasteiger partial charge in [-0.3, -0.25) is 24.7 Å². The van der Waals surface area contributed by atoms with Gasteiger partial charge in [0.25, 0.3) is 0 Å². The molecule has 1 aliphatic heterocycles. The molecule has 0 unspecified atom stereocenters. The summed E-state index contributed by atoms with van der Waals surface area (Å²) in [4.78, 5) is 37.4. The van der Waals surface area contributed by atoms with Gasteiger partial charge in [0.1, 0.15) is 6.42 Å². The van der Waals surface area contributed by atoms with Gasteiger partial charge in [0.15, 0.2) is 0 Å². The van der Waals surface area contributed by atoms with Crippen LogP contribution in [0.4, 0.5) is 4.79 Å². The normalized spacial score (nSPS) is 17.1. The highest BCUT2D eigenvalue weighted by atomic mass is 16.2. The summed E-state index contributed by atoms with van der Waals surface area (Å²) in [7, 11) is 0. The smallest absolute Gasteiger partial charge is 0.297 e. The van der Waals surface area contributed by atoms with Crippen LogP contribution >= 0.6 is 0 Å². The molecule has 4 amide bonds. The number of urea groups is 1. The molecule has 0 saturated carbocycles. The van der Waals surface area contributed by atoms with Gasteiger partial charge < -0.3 is 0 Å². The molecule has 6 heteroatoms. The molecule has 0 aliphatic carbocycles. The third kappa shape index (κ3) is 3.53. The van der Waals surface area contributed by atoms with Gasteiger partial charge in [-0.15, -0.1) is 0 Å². The number of carbonyl (C=O) groups excluding carboxylic acids is 3. The van der Waals surface area contributed by atoms with Crippen molar-refractivity contribution >= 4 is 17.8 Å². The number of carbonyl (C=O) groups is 3. The molecule has 0 spiro atoms. The first kappa shape index (κ1) is 14.6. The Morgan fingerprint density at radius 3 is 2.17 bits per heavy atom. The maximum absolute atomic E-state index is 11.6. The fourth-order valence-corrected chi connectivity index (χ4v) is 2.13. The van der Waals surface area contributed by atoms with E-state index in [1.807, 2.05) is 0 Å². The second-order valence-corrected chi connectivity index (χ2v) is 5.00. The molecular weight excluding hydrogens is 234 g/mol.